The van der Waals surface area contributed by atoms with Gasteiger partial charge in [0.1, 0.15) is 0 Å². The summed E-state index contributed by atoms with van der Waals surface area (Å²) < 4.78 is 5.74. The molecule has 13 heavy (non-hydrogen) atoms. The molecule has 0 amide bonds. The molecule has 1 rings (SSSR count). The number of rotatable bonds is 5. The predicted octanol–water partition coefficient (Wildman–Crippen LogP) is 2.02. The second kappa shape index (κ2) is 5.89. The Hall–Kier alpha value is 0.270. The van der Waals surface area contributed by atoms with Crippen LogP contribution in [0.3, 0.4) is 0 Å². The molecule has 0 saturated carbocycles. The maximum absolute atomic E-state index is 5.74. The fourth-order valence-electron chi connectivity index (χ4n) is 1.60. The molecule has 0 aromatic carbocycles. The molecule has 1 heterocycles. The Labute approximate surface area is 85.6 Å². The SMILES string of the molecule is CC1CCC(CSC(C)CCN)O1. The van der Waals surface area contributed by atoms with E-state index < -0.39 is 0 Å². The van der Waals surface area contributed by atoms with Gasteiger partial charge in [-0.15, -0.1) is 0 Å². The van der Waals surface area contributed by atoms with E-state index in [0.29, 0.717) is 17.5 Å². The highest BCUT2D eigenvalue weighted by atomic mass is 32.2. The van der Waals surface area contributed by atoms with Crippen LogP contribution in [0.1, 0.15) is 33.1 Å². The van der Waals surface area contributed by atoms with E-state index in [0.717, 1.165) is 18.7 Å². The fourth-order valence-corrected chi connectivity index (χ4v) is 2.69. The van der Waals surface area contributed by atoms with Gasteiger partial charge in [-0.3, -0.25) is 0 Å². The van der Waals surface area contributed by atoms with Crippen molar-refractivity contribution >= 4 is 11.8 Å². The number of hydrogen-bond acceptors (Lipinski definition) is 3. The van der Waals surface area contributed by atoms with Crippen LogP contribution in [0.5, 0.6) is 0 Å². The van der Waals surface area contributed by atoms with E-state index in [-0.39, 0.29) is 0 Å². The highest BCUT2D eigenvalue weighted by molar-refractivity contribution is 7.99. The molecule has 0 spiro atoms. The topological polar surface area (TPSA) is 35.2 Å². The van der Waals surface area contributed by atoms with Crippen LogP contribution in [0.2, 0.25) is 0 Å². The van der Waals surface area contributed by atoms with Gasteiger partial charge in [-0.2, -0.15) is 11.8 Å². The summed E-state index contributed by atoms with van der Waals surface area (Å²) in [6, 6.07) is 0. The molecule has 2 nitrogen and oxygen atoms in total. The maximum atomic E-state index is 5.74. The van der Waals surface area contributed by atoms with Crippen LogP contribution >= 0.6 is 11.8 Å². The van der Waals surface area contributed by atoms with Crippen molar-refractivity contribution in [1.29, 1.82) is 0 Å². The lowest BCUT2D eigenvalue weighted by atomic mass is 10.2. The number of ether oxygens (including phenoxy) is 1. The zero-order valence-corrected chi connectivity index (χ0v) is 9.48. The molecular weight excluding hydrogens is 182 g/mol. The van der Waals surface area contributed by atoms with Crippen molar-refractivity contribution in [2.75, 3.05) is 12.3 Å². The summed E-state index contributed by atoms with van der Waals surface area (Å²) in [4.78, 5) is 0. The molecule has 0 aromatic rings. The minimum absolute atomic E-state index is 0.482. The van der Waals surface area contributed by atoms with Crippen LogP contribution in [0.15, 0.2) is 0 Å². The van der Waals surface area contributed by atoms with Crippen molar-refractivity contribution in [2.45, 2.75) is 50.6 Å². The lowest BCUT2D eigenvalue weighted by Crippen LogP contribution is -2.14. The molecule has 0 aromatic heterocycles. The molecule has 3 unspecified atom stereocenters. The summed E-state index contributed by atoms with van der Waals surface area (Å²) in [6.07, 6.45) is 4.57. The number of nitrogens with two attached hydrogens (primary N) is 1. The summed E-state index contributed by atoms with van der Waals surface area (Å²) in [6.45, 7) is 5.21. The van der Waals surface area contributed by atoms with E-state index in [1.165, 1.54) is 12.8 Å². The maximum Gasteiger partial charge on any atom is 0.0670 e. The van der Waals surface area contributed by atoms with E-state index in [1.807, 2.05) is 11.8 Å². The molecular formula is C10H21NOS. The lowest BCUT2D eigenvalue weighted by Gasteiger charge is -2.14. The monoisotopic (exact) mass is 203 g/mol. The Morgan fingerprint density at radius 3 is 2.85 bits per heavy atom. The first-order chi connectivity index (χ1) is 6.22. The van der Waals surface area contributed by atoms with Crippen molar-refractivity contribution in [3.63, 3.8) is 0 Å². The van der Waals surface area contributed by atoms with Crippen LogP contribution in [-0.4, -0.2) is 29.8 Å². The van der Waals surface area contributed by atoms with Gasteiger partial charge in [0.05, 0.1) is 12.2 Å². The van der Waals surface area contributed by atoms with E-state index in [4.69, 9.17) is 10.5 Å². The Morgan fingerprint density at radius 2 is 2.31 bits per heavy atom. The van der Waals surface area contributed by atoms with Crippen LogP contribution in [0.4, 0.5) is 0 Å². The van der Waals surface area contributed by atoms with Crippen molar-refractivity contribution in [3.8, 4) is 0 Å². The Morgan fingerprint density at radius 1 is 1.54 bits per heavy atom. The summed E-state index contributed by atoms with van der Waals surface area (Å²) in [5.74, 6) is 1.14. The van der Waals surface area contributed by atoms with Gasteiger partial charge in [0, 0.05) is 11.0 Å². The molecule has 1 aliphatic heterocycles. The molecule has 3 atom stereocenters. The molecule has 1 aliphatic rings. The summed E-state index contributed by atoms with van der Waals surface area (Å²) in [5.41, 5.74) is 5.49. The van der Waals surface area contributed by atoms with Gasteiger partial charge in [0.15, 0.2) is 0 Å². The predicted molar refractivity (Wildman–Crippen MR) is 59.2 cm³/mol. The van der Waals surface area contributed by atoms with Crippen LogP contribution in [0.25, 0.3) is 0 Å². The van der Waals surface area contributed by atoms with Crippen molar-refractivity contribution in [1.82, 2.24) is 0 Å². The van der Waals surface area contributed by atoms with Gasteiger partial charge in [-0.25, -0.2) is 0 Å². The zero-order chi connectivity index (χ0) is 9.68. The molecule has 1 saturated heterocycles. The molecule has 0 bridgehead atoms. The highest BCUT2D eigenvalue weighted by Gasteiger charge is 2.21. The third-order valence-electron chi connectivity index (χ3n) is 2.46. The second-order valence-electron chi connectivity index (χ2n) is 3.87. The van der Waals surface area contributed by atoms with Gasteiger partial charge < -0.3 is 10.5 Å². The Kier molecular flexibility index (Phi) is 5.14. The van der Waals surface area contributed by atoms with Crippen LogP contribution in [0, 0.1) is 0 Å². The first-order valence-electron chi connectivity index (χ1n) is 5.19. The second-order valence-corrected chi connectivity index (χ2v) is 5.34. The van der Waals surface area contributed by atoms with Gasteiger partial charge >= 0.3 is 0 Å². The molecule has 0 aliphatic carbocycles. The minimum atomic E-state index is 0.482. The first kappa shape index (κ1) is 11.3. The summed E-state index contributed by atoms with van der Waals surface area (Å²) >= 11 is 2.00. The standard InChI is InChI=1S/C10H21NOS/c1-8-3-4-10(12-8)7-13-9(2)5-6-11/h8-10H,3-7,11H2,1-2H3. The van der Waals surface area contributed by atoms with Gasteiger partial charge in [0.25, 0.3) is 0 Å². The van der Waals surface area contributed by atoms with E-state index in [1.54, 1.807) is 0 Å². The normalized spacial score (nSPS) is 30.7. The highest BCUT2D eigenvalue weighted by Crippen LogP contribution is 2.24. The van der Waals surface area contributed by atoms with Crippen molar-refractivity contribution in [3.05, 3.63) is 0 Å². The quantitative estimate of drug-likeness (QED) is 0.742. The first-order valence-corrected chi connectivity index (χ1v) is 6.24. The molecule has 0 radical (unpaired) electrons. The fraction of sp³-hybridized carbons (Fsp3) is 1.00. The lowest BCUT2D eigenvalue weighted by molar-refractivity contribution is 0.0699. The Bertz CT molecular complexity index is 143. The molecule has 78 valence electrons. The van der Waals surface area contributed by atoms with E-state index in [9.17, 15) is 0 Å². The average Bonchev–Trinajstić information content (AvgIpc) is 2.49. The van der Waals surface area contributed by atoms with Crippen LogP contribution < -0.4 is 5.73 Å². The van der Waals surface area contributed by atoms with E-state index in [2.05, 4.69) is 13.8 Å². The summed E-state index contributed by atoms with van der Waals surface area (Å²) in [7, 11) is 0. The third kappa shape index (κ3) is 4.34. The largest absolute Gasteiger partial charge is 0.374 e. The number of thioether (sulfide) groups is 1. The average molecular weight is 203 g/mol. The van der Waals surface area contributed by atoms with Crippen molar-refractivity contribution < 1.29 is 4.74 Å². The van der Waals surface area contributed by atoms with Gasteiger partial charge in [-0.05, 0) is 32.7 Å². The van der Waals surface area contributed by atoms with Crippen LogP contribution in [-0.2, 0) is 4.74 Å². The van der Waals surface area contributed by atoms with E-state index >= 15 is 0 Å². The van der Waals surface area contributed by atoms with Gasteiger partial charge in [-0.1, -0.05) is 6.92 Å². The summed E-state index contributed by atoms with van der Waals surface area (Å²) in [5, 5.41) is 0.685. The minimum Gasteiger partial charge on any atom is -0.374 e. The molecule has 3 heteroatoms. The van der Waals surface area contributed by atoms with Gasteiger partial charge in [0.2, 0.25) is 0 Å². The zero-order valence-electron chi connectivity index (χ0n) is 8.66. The molecule has 1 fully saturated rings. The smallest absolute Gasteiger partial charge is 0.0670 e. The number of hydrogen-bond donors (Lipinski definition) is 1. The molecule has 2 N–H and O–H groups in total. The Balaban J connectivity index is 2.05. The third-order valence-corrected chi connectivity index (χ3v) is 3.83. The van der Waals surface area contributed by atoms with Crippen molar-refractivity contribution in [2.24, 2.45) is 5.73 Å².